The van der Waals surface area contributed by atoms with Crippen molar-refractivity contribution in [2.45, 2.75) is 51.9 Å². The van der Waals surface area contributed by atoms with E-state index in [1.807, 2.05) is 0 Å². The second-order valence-corrected chi connectivity index (χ2v) is 16.5. The number of hydrogen-bond acceptors (Lipinski definition) is 0. The first-order chi connectivity index (χ1) is 27.9. The molecule has 8 aromatic carbocycles. The molecule has 1 unspecified atom stereocenters. The zero-order valence-electron chi connectivity index (χ0n) is 33.3. The molecule has 276 valence electrons. The molecule has 0 aliphatic heterocycles. The highest BCUT2D eigenvalue weighted by atomic mass is 15.0. The SMILES string of the molecule is CCC(Cc1ccccc1-c1cc(-c2ccc3c(c2)c2ccccc2n3-c2cccc(-c3ccccc3)c2)ccc1C)c1ccc2c(c1)C(C)(C)c1ccccc1-2. The summed E-state index contributed by atoms with van der Waals surface area (Å²) in [5.74, 6) is 0.424. The normalized spacial score (nSPS) is 13.5. The van der Waals surface area contributed by atoms with Gasteiger partial charge in [-0.05, 0) is 134 Å². The lowest BCUT2D eigenvalue weighted by molar-refractivity contribution is 0.641. The second-order valence-electron chi connectivity index (χ2n) is 16.5. The summed E-state index contributed by atoms with van der Waals surface area (Å²) in [7, 11) is 0. The number of fused-ring (bicyclic) bond motifs is 6. The molecule has 1 aliphatic rings. The average molecular weight is 734 g/mol. The van der Waals surface area contributed by atoms with Gasteiger partial charge in [0.05, 0.1) is 11.0 Å². The fraction of sp³-hybridized carbons (Fsp3) is 0.143. The van der Waals surface area contributed by atoms with Crippen LogP contribution in [0.1, 0.15) is 60.9 Å². The Bertz CT molecular complexity index is 2960. The monoisotopic (exact) mass is 733 g/mol. The summed E-state index contributed by atoms with van der Waals surface area (Å²) >= 11 is 0. The van der Waals surface area contributed by atoms with Crippen LogP contribution in [0.25, 0.3) is 72.0 Å². The minimum Gasteiger partial charge on any atom is -0.309 e. The molecule has 10 rings (SSSR count). The third-order valence-corrected chi connectivity index (χ3v) is 12.8. The first-order valence-corrected chi connectivity index (χ1v) is 20.5. The summed E-state index contributed by atoms with van der Waals surface area (Å²) in [4.78, 5) is 0. The number of aromatic nitrogens is 1. The van der Waals surface area contributed by atoms with Crippen molar-refractivity contribution < 1.29 is 0 Å². The van der Waals surface area contributed by atoms with E-state index < -0.39 is 0 Å². The molecule has 0 saturated carbocycles. The maximum absolute atomic E-state index is 2.52. The zero-order valence-corrected chi connectivity index (χ0v) is 33.3. The lowest BCUT2D eigenvalue weighted by Gasteiger charge is -2.24. The van der Waals surface area contributed by atoms with E-state index in [0.717, 1.165) is 12.8 Å². The Kier molecular flexibility index (Phi) is 8.56. The van der Waals surface area contributed by atoms with Gasteiger partial charge in [-0.1, -0.05) is 166 Å². The molecule has 1 aliphatic carbocycles. The largest absolute Gasteiger partial charge is 0.309 e. The van der Waals surface area contributed by atoms with Crippen molar-refractivity contribution in [2.75, 3.05) is 0 Å². The molecule has 1 heteroatoms. The number of nitrogens with zero attached hydrogens (tertiary/aromatic N) is 1. The molecule has 1 atom stereocenters. The van der Waals surface area contributed by atoms with E-state index in [9.17, 15) is 0 Å². The van der Waals surface area contributed by atoms with Crippen LogP contribution < -0.4 is 0 Å². The highest BCUT2D eigenvalue weighted by Gasteiger charge is 2.35. The summed E-state index contributed by atoms with van der Waals surface area (Å²) < 4.78 is 2.42. The topological polar surface area (TPSA) is 4.93 Å². The van der Waals surface area contributed by atoms with Gasteiger partial charge < -0.3 is 4.57 Å². The molecular weight excluding hydrogens is 687 g/mol. The second kappa shape index (κ2) is 13.9. The van der Waals surface area contributed by atoms with Crippen LogP contribution in [0.2, 0.25) is 0 Å². The van der Waals surface area contributed by atoms with Crippen LogP contribution in [0.15, 0.2) is 182 Å². The molecule has 1 aromatic heterocycles. The lowest BCUT2D eigenvalue weighted by Crippen LogP contribution is -2.15. The molecule has 0 amide bonds. The zero-order chi connectivity index (χ0) is 38.7. The first-order valence-electron chi connectivity index (χ1n) is 20.5. The Hall–Kier alpha value is -6.44. The number of benzene rings is 8. The minimum absolute atomic E-state index is 0.00105. The minimum atomic E-state index is 0.00105. The maximum Gasteiger partial charge on any atom is 0.0541 e. The molecule has 1 heterocycles. The van der Waals surface area contributed by atoms with E-state index in [1.54, 1.807) is 0 Å². The summed E-state index contributed by atoms with van der Waals surface area (Å²) in [6.45, 7) is 9.37. The van der Waals surface area contributed by atoms with Crippen molar-refractivity contribution in [2.24, 2.45) is 0 Å². The van der Waals surface area contributed by atoms with Gasteiger partial charge in [-0.3, -0.25) is 0 Å². The van der Waals surface area contributed by atoms with Gasteiger partial charge in [-0.15, -0.1) is 0 Å². The van der Waals surface area contributed by atoms with Crippen LogP contribution in [-0.4, -0.2) is 4.57 Å². The number of hydrogen-bond donors (Lipinski definition) is 0. The van der Waals surface area contributed by atoms with Gasteiger partial charge in [0.2, 0.25) is 0 Å². The van der Waals surface area contributed by atoms with E-state index in [0.29, 0.717) is 5.92 Å². The molecule has 0 spiro atoms. The van der Waals surface area contributed by atoms with Crippen LogP contribution in [0.5, 0.6) is 0 Å². The summed E-state index contributed by atoms with van der Waals surface area (Å²) in [5, 5.41) is 2.53. The highest BCUT2D eigenvalue weighted by molar-refractivity contribution is 6.10. The van der Waals surface area contributed by atoms with Gasteiger partial charge in [0.1, 0.15) is 0 Å². The van der Waals surface area contributed by atoms with Crippen molar-refractivity contribution in [3.8, 4) is 50.2 Å². The van der Waals surface area contributed by atoms with Gasteiger partial charge in [-0.2, -0.15) is 0 Å². The summed E-state index contributed by atoms with van der Waals surface area (Å²) in [6.07, 6.45) is 2.09. The Balaban J connectivity index is 1.01. The molecule has 0 bridgehead atoms. The number of aryl methyl sites for hydroxylation is 1. The predicted octanol–water partition coefficient (Wildman–Crippen LogP) is 15.1. The molecule has 0 fully saturated rings. The van der Waals surface area contributed by atoms with Gasteiger partial charge >= 0.3 is 0 Å². The van der Waals surface area contributed by atoms with Gasteiger partial charge in [0, 0.05) is 21.9 Å². The highest BCUT2D eigenvalue weighted by Crippen LogP contribution is 2.49. The third kappa shape index (κ3) is 5.92. The molecular formula is C56H47N. The van der Waals surface area contributed by atoms with Crippen molar-refractivity contribution in [1.29, 1.82) is 0 Å². The third-order valence-electron chi connectivity index (χ3n) is 12.8. The standard InChI is InChI=1S/C56H47N/c1-5-38(43-28-30-48-47-22-11-13-24-52(47)56(3,4)53(48)36-43)32-44-18-9-10-21-46(44)50-34-41(27-26-37(50)2)42-29-31-55-51(35-42)49-23-12-14-25-54(49)57(55)45-20-15-19-40(33-45)39-16-7-6-8-17-39/h6-31,33-36,38H,5,32H2,1-4H3. The van der Waals surface area contributed by atoms with E-state index >= 15 is 0 Å². The van der Waals surface area contributed by atoms with Gasteiger partial charge in [0.25, 0.3) is 0 Å². The number of rotatable bonds is 8. The molecule has 9 aromatic rings. The average Bonchev–Trinajstić information content (AvgIpc) is 3.71. The van der Waals surface area contributed by atoms with E-state index in [4.69, 9.17) is 0 Å². The number of para-hydroxylation sites is 1. The Morgan fingerprint density at radius 3 is 2.00 bits per heavy atom. The van der Waals surface area contributed by atoms with Gasteiger partial charge in [-0.25, -0.2) is 0 Å². The molecule has 57 heavy (non-hydrogen) atoms. The predicted molar refractivity (Wildman–Crippen MR) is 243 cm³/mol. The van der Waals surface area contributed by atoms with Crippen LogP contribution in [-0.2, 0) is 11.8 Å². The first kappa shape index (κ1) is 35.0. The quantitative estimate of drug-likeness (QED) is 0.147. The van der Waals surface area contributed by atoms with E-state index in [2.05, 4.69) is 214 Å². The fourth-order valence-electron chi connectivity index (χ4n) is 9.68. The Morgan fingerprint density at radius 1 is 0.474 bits per heavy atom. The van der Waals surface area contributed by atoms with Crippen molar-refractivity contribution in [1.82, 2.24) is 4.57 Å². The molecule has 0 radical (unpaired) electrons. The molecule has 0 saturated heterocycles. The van der Waals surface area contributed by atoms with Crippen LogP contribution in [0.4, 0.5) is 0 Å². The Labute approximate surface area is 336 Å². The van der Waals surface area contributed by atoms with Crippen molar-refractivity contribution >= 4 is 21.8 Å². The lowest BCUT2D eigenvalue weighted by atomic mass is 9.79. The smallest absolute Gasteiger partial charge is 0.0541 e. The Morgan fingerprint density at radius 2 is 1.14 bits per heavy atom. The van der Waals surface area contributed by atoms with Gasteiger partial charge in [0.15, 0.2) is 0 Å². The summed E-state index contributed by atoms with van der Waals surface area (Å²) in [6, 6.07) is 67.8. The van der Waals surface area contributed by atoms with Crippen molar-refractivity contribution in [3.63, 3.8) is 0 Å². The van der Waals surface area contributed by atoms with Crippen LogP contribution >= 0.6 is 0 Å². The van der Waals surface area contributed by atoms with E-state index in [1.165, 1.54) is 99.8 Å². The van der Waals surface area contributed by atoms with E-state index in [-0.39, 0.29) is 5.41 Å². The van der Waals surface area contributed by atoms with Crippen molar-refractivity contribution in [3.05, 3.63) is 210 Å². The van der Waals surface area contributed by atoms with Crippen LogP contribution in [0, 0.1) is 6.92 Å². The molecule has 1 nitrogen and oxygen atoms in total. The fourth-order valence-corrected chi connectivity index (χ4v) is 9.68. The maximum atomic E-state index is 2.52. The van der Waals surface area contributed by atoms with Crippen LogP contribution in [0.3, 0.4) is 0 Å². The summed E-state index contributed by atoms with van der Waals surface area (Å²) in [5.41, 5.74) is 21.0. The molecule has 0 N–H and O–H groups in total.